The molecule has 0 fully saturated rings. The van der Waals surface area contributed by atoms with E-state index in [0.717, 1.165) is 6.07 Å². The second kappa shape index (κ2) is 5.66. The van der Waals surface area contributed by atoms with Gasteiger partial charge in [0.25, 0.3) is 5.91 Å². The smallest absolute Gasteiger partial charge is 0.322 e. The van der Waals surface area contributed by atoms with Gasteiger partial charge < -0.3 is 5.32 Å². The number of carbonyl (C=O) groups excluding carboxylic acids is 1. The maximum Gasteiger partial charge on any atom is 0.434 e. The predicted molar refractivity (Wildman–Crippen MR) is 63.5 cm³/mol. The zero-order valence-corrected chi connectivity index (χ0v) is 10.5. The van der Waals surface area contributed by atoms with E-state index in [2.05, 4.69) is 4.98 Å². The summed E-state index contributed by atoms with van der Waals surface area (Å²) >= 11 is 0. The van der Waals surface area contributed by atoms with Gasteiger partial charge in [-0.05, 0) is 24.3 Å². The van der Waals surface area contributed by atoms with Crippen LogP contribution in [0.15, 0.2) is 30.3 Å². The molecular formula is C13H6F6N2O. The van der Waals surface area contributed by atoms with Crippen molar-refractivity contribution in [2.24, 2.45) is 0 Å². The number of halogens is 6. The summed E-state index contributed by atoms with van der Waals surface area (Å²) in [5.74, 6) is -5.16. The van der Waals surface area contributed by atoms with E-state index in [1.54, 1.807) is 0 Å². The van der Waals surface area contributed by atoms with Crippen LogP contribution in [-0.4, -0.2) is 10.9 Å². The van der Waals surface area contributed by atoms with Crippen molar-refractivity contribution in [3.63, 3.8) is 0 Å². The van der Waals surface area contributed by atoms with Gasteiger partial charge in [-0.1, -0.05) is 0 Å². The van der Waals surface area contributed by atoms with Crippen molar-refractivity contribution in [3.8, 4) is 0 Å². The van der Waals surface area contributed by atoms with Crippen LogP contribution in [0, 0.1) is 17.6 Å². The molecule has 1 N–H and O–H groups in total. The summed E-state index contributed by atoms with van der Waals surface area (Å²) < 4.78 is 76.7. The molecule has 22 heavy (non-hydrogen) atoms. The fraction of sp³-hybridized carbons (Fsp3) is 0.0769. The van der Waals surface area contributed by atoms with E-state index in [1.165, 1.54) is 0 Å². The van der Waals surface area contributed by atoms with Gasteiger partial charge in [0.2, 0.25) is 5.95 Å². The average molecular weight is 320 g/mol. The van der Waals surface area contributed by atoms with Gasteiger partial charge in [-0.15, -0.1) is 0 Å². The standard InChI is InChI=1S/C13H6F6N2O/c14-8-3-1-6(5-9(8)15)20-12(22)7-2-4-10(16)21-11(7)13(17,18)19/h1-5H,(H,20,22). The average Bonchev–Trinajstić information content (AvgIpc) is 2.41. The van der Waals surface area contributed by atoms with Gasteiger partial charge in [0.15, 0.2) is 17.3 Å². The second-order valence-corrected chi connectivity index (χ2v) is 4.11. The van der Waals surface area contributed by atoms with Crippen LogP contribution in [0.4, 0.5) is 32.0 Å². The van der Waals surface area contributed by atoms with Crippen LogP contribution < -0.4 is 5.32 Å². The van der Waals surface area contributed by atoms with Crippen molar-refractivity contribution in [2.75, 3.05) is 5.32 Å². The number of nitrogens with one attached hydrogen (secondary N) is 1. The number of alkyl halides is 3. The lowest BCUT2D eigenvalue weighted by atomic mass is 10.1. The Morgan fingerprint density at radius 3 is 2.27 bits per heavy atom. The fourth-order valence-electron chi connectivity index (χ4n) is 1.61. The van der Waals surface area contributed by atoms with Crippen LogP contribution >= 0.6 is 0 Å². The lowest BCUT2D eigenvalue weighted by Gasteiger charge is -2.12. The number of carbonyl (C=O) groups is 1. The van der Waals surface area contributed by atoms with Gasteiger partial charge in [0.05, 0.1) is 5.56 Å². The molecule has 0 saturated heterocycles. The van der Waals surface area contributed by atoms with E-state index in [0.29, 0.717) is 24.3 Å². The first-order valence-corrected chi connectivity index (χ1v) is 5.68. The Hall–Kier alpha value is -2.58. The maximum atomic E-state index is 13.0. The molecule has 1 aromatic carbocycles. The van der Waals surface area contributed by atoms with Gasteiger partial charge in [0.1, 0.15) is 0 Å². The van der Waals surface area contributed by atoms with E-state index in [1.807, 2.05) is 5.32 Å². The van der Waals surface area contributed by atoms with Crippen molar-refractivity contribution in [1.82, 2.24) is 4.98 Å². The third kappa shape index (κ3) is 3.35. The summed E-state index contributed by atoms with van der Waals surface area (Å²) in [5, 5.41) is 1.95. The van der Waals surface area contributed by atoms with Crippen LogP contribution in [0.2, 0.25) is 0 Å². The molecule has 9 heteroatoms. The molecule has 0 atom stereocenters. The molecule has 0 saturated carbocycles. The molecule has 1 heterocycles. The van der Waals surface area contributed by atoms with Gasteiger partial charge >= 0.3 is 6.18 Å². The van der Waals surface area contributed by atoms with E-state index in [4.69, 9.17) is 0 Å². The van der Waals surface area contributed by atoms with E-state index < -0.39 is 40.9 Å². The molecule has 0 aliphatic carbocycles. The third-order valence-electron chi connectivity index (χ3n) is 2.55. The van der Waals surface area contributed by atoms with Gasteiger partial charge in [-0.2, -0.15) is 17.6 Å². The first-order chi connectivity index (χ1) is 10.2. The first kappa shape index (κ1) is 15.8. The summed E-state index contributed by atoms with van der Waals surface area (Å²) in [4.78, 5) is 14.5. The zero-order valence-electron chi connectivity index (χ0n) is 10.5. The van der Waals surface area contributed by atoms with E-state index >= 15 is 0 Å². The minimum absolute atomic E-state index is 0.263. The molecule has 116 valence electrons. The number of nitrogens with zero attached hydrogens (tertiary/aromatic N) is 1. The Kier molecular flexibility index (Phi) is 4.07. The first-order valence-electron chi connectivity index (χ1n) is 5.68. The highest BCUT2D eigenvalue weighted by atomic mass is 19.4. The van der Waals surface area contributed by atoms with Crippen molar-refractivity contribution < 1.29 is 31.1 Å². The normalized spacial score (nSPS) is 11.4. The Balaban J connectivity index is 2.35. The highest BCUT2D eigenvalue weighted by Gasteiger charge is 2.37. The Labute approximate surface area is 119 Å². The summed E-state index contributed by atoms with van der Waals surface area (Å²) in [7, 11) is 0. The van der Waals surface area contributed by atoms with Crippen LogP contribution in [0.25, 0.3) is 0 Å². The molecule has 1 aromatic heterocycles. The summed E-state index contributed by atoms with van der Waals surface area (Å²) in [6.45, 7) is 0. The summed E-state index contributed by atoms with van der Waals surface area (Å²) in [6.07, 6.45) is -5.05. The van der Waals surface area contributed by atoms with Crippen molar-refractivity contribution in [2.45, 2.75) is 6.18 Å². The van der Waals surface area contributed by atoms with E-state index in [9.17, 15) is 31.1 Å². The molecule has 0 aliphatic rings. The van der Waals surface area contributed by atoms with Crippen molar-refractivity contribution >= 4 is 11.6 Å². The third-order valence-corrected chi connectivity index (χ3v) is 2.55. The number of aromatic nitrogens is 1. The maximum absolute atomic E-state index is 13.0. The number of hydrogen-bond acceptors (Lipinski definition) is 2. The number of amides is 1. The monoisotopic (exact) mass is 320 g/mol. The largest absolute Gasteiger partial charge is 0.434 e. The predicted octanol–water partition coefficient (Wildman–Crippen LogP) is 3.77. The quantitative estimate of drug-likeness (QED) is 0.676. The Morgan fingerprint density at radius 2 is 1.68 bits per heavy atom. The minimum Gasteiger partial charge on any atom is -0.322 e. The zero-order chi connectivity index (χ0) is 16.5. The second-order valence-electron chi connectivity index (χ2n) is 4.11. The van der Waals surface area contributed by atoms with Gasteiger partial charge in [-0.3, -0.25) is 4.79 Å². The lowest BCUT2D eigenvalue weighted by Crippen LogP contribution is -2.21. The molecule has 1 amide bonds. The van der Waals surface area contributed by atoms with Crippen LogP contribution in [0.5, 0.6) is 0 Å². The molecule has 0 radical (unpaired) electrons. The lowest BCUT2D eigenvalue weighted by molar-refractivity contribution is -0.141. The molecule has 2 rings (SSSR count). The summed E-state index contributed by atoms with van der Waals surface area (Å²) in [6, 6.07) is 3.42. The van der Waals surface area contributed by atoms with Gasteiger partial charge in [0, 0.05) is 11.8 Å². The van der Waals surface area contributed by atoms with E-state index in [-0.39, 0.29) is 5.69 Å². The molecule has 3 nitrogen and oxygen atoms in total. The SMILES string of the molecule is O=C(Nc1ccc(F)c(F)c1)c1ccc(F)nc1C(F)(F)F. The fourth-order valence-corrected chi connectivity index (χ4v) is 1.61. The Morgan fingerprint density at radius 1 is 1.00 bits per heavy atom. The van der Waals surface area contributed by atoms with Crippen LogP contribution in [-0.2, 0) is 6.18 Å². The van der Waals surface area contributed by atoms with Crippen LogP contribution in [0.3, 0.4) is 0 Å². The number of anilines is 1. The molecule has 0 unspecified atom stereocenters. The Bertz CT molecular complexity index is 729. The molecule has 0 bridgehead atoms. The highest BCUT2D eigenvalue weighted by Crippen LogP contribution is 2.31. The van der Waals surface area contributed by atoms with Crippen LogP contribution in [0.1, 0.15) is 16.1 Å². The molecule has 0 aliphatic heterocycles. The number of benzene rings is 1. The number of pyridine rings is 1. The highest BCUT2D eigenvalue weighted by molar-refractivity contribution is 6.05. The number of rotatable bonds is 2. The van der Waals surface area contributed by atoms with Crippen molar-refractivity contribution in [1.29, 1.82) is 0 Å². The molecule has 2 aromatic rings. The molecule has 0 spiro atoms. The van der Waals surface area contributed by atoms with Gasteiger partial charge in [-0.25, -0.2) is 13.8 Å². The number of hydrogen-bond donors (Lipinski definition) is 1. The topological polar surface area (TPSA) is 42.0 Å². The molecular weight excluding hydrogens is 314 g/mol. The van der Waals surface area contributed by atoms with Crippen molar-refractivity contribution in [3.05, 3.63) is 59.2 Å². The minimum atomic E-state index is -5.05. The summed E-state index contributed by atoms with van der Waals surface area (Å²) in [5.41, 5.74) is -2.92.